The zero-order chi connectivity index (χ0) is 19.5. The zero-order valence-corrected chi connectivity index (χ0v) is 17.6. The molecule has 2 aromatic rings. The van der Waals surface area contributed by atoms with Crippen molar-refractivity contribution >= 4 is 29.3 Å². The van der Waals surface area contributed by atoms with E-state index in [0.29, 0.717) is 23.4 Å². The number of thioether (sulfide) groups is 1. The molecule has 0 spiro atoms. The molecule has 1 aromatic heterocycles. The first kappa shape index (κ1) is 19.6. The maximum atomic E-state index is 12.8. The zero-order valence-electron chi connectivity index (χ0n) is 16.0. The summed E-state index contributed by atoms with van der Waals surface area (Å²) in [4.78, 5) is 14.7. The highest BCUT2D eigenvalue weighted by molar-refractivity contribution is 8.00. The summed E-state index contributed by atoms with van der Waals surface area (Å²) in [5.74, 6) is 1.61. The van der Waals surface area contributed by atoms with Gasteiger partial charge in [-0.2, -0.15) is 0 Å². The molecule has 8 heteroatoms. The Bertz CT molecular complexity index is 833. The number of hydrogen-bond acceptors (Lipinski definition) is 5. The highest BCUT2D eigenvalue weighted by atomic mass is 35.5. The highest BCUT2D eigenvalue weighted by Gasteiger charge is 2.32. The van der Waals surface area contributed by atoms with Gasteiger partial charge in [-0.1, -0.05) is 35.5 Å². The molecular formula is C20H25ClN4O2S. The fraction of sp³-hybridized carbons (Fsp3) is 0.550. The van der Waals surface area contributed by atoms with Crippen molar-refractivity contribution in [1.29, 1.82) is 0 Å². The molecule has 1 aromatic carbocycles. The van der Waals surface area contributed by atoms with E-state index in [4.69, 9.17) is 16.3 Å². The van der Waals surface area contributed by atoms with E-state index in [1.54, 1.807) is 6.07 Å². The molecule has 0 N–H and O–H groups in total. The van der Waals surface area contributed by atoms with Crippen LogP contribution in [0.5, 0.6) is 5.75 Å². The second kappa shape index (κ2) is 8.74. The first-order valence-electron chi connectivity index (χ1n) is 9.90. The topological polar surface area (TPSA) is 60.3 Å². The van der Waals surface area contributed by atoms with Gasteiger partial charge in [-0.25, -0.2) is 0 Å². The molecule has 1 saturated carbocycles. The van der Waals surface area contributed by atoms with Crippen LogP contribution in [0.4, 0.5) is 0 Å². The Labute approximate surface area is 174 Å². The number of carbonyl (C=O) groups excluding carboxylic acids is 1. The van der Waals surface area contributed by atoms with Crippen LogP contribution < -0.4 is 4.74 Å². The molecule has 1 amide bonds. The molecule has 2 heterocycles. The summed E-state index contributed by atoms with van der Waals surface area (Å²) in [6.45, 7) is 4.02. The Morgan fingerprint density at radius 1 is 1.25 bits per heavy atom. The van der Waals surface area contributed by atoms with Gasteiger partial charge in [0.2, 0.25) is 5.91 Å². The molecule has 0 unspecified atom stereocenters. The van der Waals surface area contributed by atoms with Gasteiger partial charge in [0.25, 0.3) is 0 Å². The van der Waals surface area contributed by atoms with Gasteiger partial charge in [0, 0.05) is 19.1 Å². The molecule has 150 valence electrons. The number of hydrogen-bond donors (Lipinski definition) is 0. The Hall–Kier alpha value is -1.73. The number of amides is 1. The van der Waals surface area contributed by atoms with Gasteiger partial charge in [0.1, 0.15) is 12.4 Å². The Balaban J connectivity index is 1.44. The van der Waals surface area contributed by atoms with Gasteiger partial charge in [0.15, 0.2) is 11.0 Å². The molecule has 1 saturated heterocycles. The van der Waals surface area contributed by atoms with Crippen LogP contribution in [0.25, 0.3) is 0 Å². The van der Waals surface area contributed by atoms with Crippen LogP contribution >= 0.6 is 23.4 Å². The molecule has 0 bridgehead atoms. The van der Waals surface area contributed by atoms with Gasteiger partial charge in [-0.15, -0.1) is 10.2 Å². The number of rotatable bonds is 7. The minimum Gasteiger partial charge on any atom is -0.484 e. The van der Waals surface area contributed by atoms with E-state index in [-0.39, 0.29) is 11.2 Å². The van der Waals surface area contributed by atoms with Crippen molar-refractivity contribution in [2.75, 3.05) is 13.1 Å². The minimum atomic E-state index is -0.169. The predicted octanol–water partition coefficient (Wildman–Crippen LogP) is 4.34. The van der Waals surface area contributed by atoms with Crippen LogP contribution in [-0.2, 0) is 11.4 Å². The maximum Gasteiger partial charge on any atom is 0.235 e. The number of halogens is 1. The van der Waals surface area contributed by atoms with E-state index >= 15 is 0 Å². The van der Waals surface area contributed by atoms with Crippen LogP contribution in [-0.4, -0.2) is 43.9 Å². The summed E-state index contributed by atoms with van der Waals surface area (Å²) >= 11 is 7.68. The number of benzene rings is 1. The summed E-state index contributed by atoms with van der Waals surface area (Å²) < 4.78 is 8.00. The Kier molecular flexibility index (Phi) is 6.11. The number of nitrogens with zero attached hydrogens (tertiary/aromatic N) is 4. The number of aromatic nitrogens is 3. The highest BCUT2D eigenvalue weighted by Crippen LogP contribution is 2.40. The molecule has 6 nitrogen and oxygen atoms in total. The monoisotopic (exact) mass is 420 g/mol. The van der Waals surface area contributed by atoms with Crippen molar-refractivity contribution in [3.05, 3.63) is 35.1 Å². The van der Waals surface area contributed by atoms with Crippen LogP contribution in [0.3, 0.4) is 0 Å². The number of carbonyl (C=O) groups is 1. The summed E-state index contributed by atoms with van der Waals surface area (Å²) in [5, 5.41) is 9.93. The van der Waals surface area contributed by atoms with Gasteiger partial charge < -0.3 is 9.64 Å². The quantitative estimate of drug-likeness (QED) is 0.623. The van der Waals surface area contributed by atoms with Crippen LogP contribution in [0.2, 0.25) is 5.02 Å². The maximum absolute atomic E-state index is 12.8. The van der Waals surface area contributed by atoms with E-state index in [1.165, 1.54) is 18.2 Å². The van der Waals surface area contributed by atoms with Crippen LogP contribution in [0.1, 0.15) is 50.9 Å². The molecule has 2 aliphatic rings. The third kappa shape index (κ3) is 4.46. The first-order valence-corrected chi connectivity index (χ1v) is 11.2. The van der Waals surface area contributed by atoms with Crippen molar-refractivity contribution in [2.45, 2.75) is 62.1 Å². The second-order valence-corrected chi connectivity index (χ2v) is 9.08. The molecule has 1 aliphatic heterocycles. The SMILES string of the molecule is C[C@H](Sc1nnc(COc2ccccc2Cl)n1C1CC1)C(=O)N1CCCCC1. The first-order chi connectivity index (χ1) is 13.6. The second-order valence-electron chi connectivity index (χ2n) is 7.37. The lowest BCUT2D eigenvalue weighted by atomic mass is 10.1. The summed E-state index contributed by atoms with van der Waals surface area (Å²) in [7, 11) is 0. The minimum absolute atomic E-state index is 0.169. The summed E-state index contributed by atoms with van der Waals surface area (Å²) in [6, 6.07) is 7.81. The summed E-state index contributed by atoms with van der Waals surface area (Å²) in [6.07, 6.45) is 5.64. The molecule has 1 aliphatic carbocycles. The van der Waals surface area contributed by atoms with E-state index < -0.39 is 0 Å². The molecule has 0 radical (unpaired) electrons. The van der Waals surface area contributed by atoms with Crippen LogP contribution in [0.15, 0.2) is 29.4 Å². The fourth-order valence-electron chi connectivity index (χ4n) is 3.47. The lowest BCUT2D eigenvalue weighted by Crippen LogP contribution is -2.40. The van der Waals surface area contributed by atoms with Gasteiger partial charge >= 0.3 is 0 Å². The predicted molar refractivity (Wildman–Crippen MR) is 110 cm³/mol. The normalized spacial score (nSPS) is 18.1. The van der Waals surface area contributed by atoms with E-state index in [1.807, 2.05) is 30.0 Å². The molecular weight excluding hydrogens is 396 g/mol. The Morgan fingerprint density at radius 3 is 2.71 bits per heavy atom. The van der Waals surface area contributed by atoms with Crippen molar-refractivity contribution in [1.82, 2.24) is 19.7 Å². The number of likely N-dealkylation sites (tertiary alicyclic amines) is 1. The van der Waals surface area contributed by atoms with Crippen molar-refractivity contribution < 1.29 is 9.53 Å². The largest absolute Gasteiger partial charge is 0.484 e. The molecule has 2 fully saturated rings. The summed E-state index contributed by atoms with van der Waals surface area (Å²) in [5.41, 5.74) is 0. The van der Waals surface area contributed by atoms with E-state index in [9.17, 15) is 4.79 Å². The third-order valence-corrected chi connectivity index (χ3v) is 6.49. The number of para-hydroxylation sites is 1. The van der Waals surface area contributed by atoms with E-state index in [2.05, 4.69) is 14.8 Å². The molecule has 28 heavy (non-hydrogen) atoms. The standard InChI is InChI=1S/C20H25ClN4O2S/c1-14(19(26)24-11-5-2-6-12-24)28-20-23-22-18(25(20)15-9-10-15)13-27-17-8-4-3-7-16(17)21/h3-4,7-8,14-15H,2,5-6,9-13H2,1H3/t14-/m0/s1. The van der Waals surface area contributed by atoms with E-state index in [0.717, 1.165) is 49.8 Å². The lowest BCUT2D eigenvalue weighted by Gasteiger charge is -2.28. The van der Waals surface area contributed by atoms with Crippen molar-refractivity contribution in [3.63, 3.8) is 0 Å². The average Bonchev–Trinajstić information content (AvgIpc) is 3.48. The molecule has 1 atom stereocenters. The van der Waals surface area contributed by atoms with Gasteiger partial charge in [0.05, 0.1) is 10.3 Å². The Morgan fingerprint density at radius 2 is 2.00 bits per heavy atom. The third-order valence-electron chi connectivity index (χ3n) is 5.14. The average molecular weight is 421 g/mol. The molecule has 4 rings (SSSR count). The smallest absolute Gasteiger partial charge is 0.235 e. The number of piperidine rings is 1. The fourth-order valence-corrected chi connectivity index (χ4v) is 4.68. The van der Waals surface area contributed by atoms with Crippen molar-refractivity contribution in [3.8, 4) is 5.75 Å². The van der Waals surface area contributed by atoms with Gasteiger partial charge in [-0.3, -0.25) is 9.36 Å². The van der Waals surface area contributed by atoms with Crippen molar-refractivity contribution in [2.24, 2.45) is 0 Å². The van der Waals surface area contributed by atoms with Gasteiger partial charge in [-0.05, 0) is 51.2 Å². The van der Waals surface area contributed by atoms with Crippen LogP contribution in [0, 0.1) is 0 Å². The number of ether oxygens (including phenoxy) is 1. The lowest BCUT2D eigenvalue weighted by molar-refractivity contribution is -0.131.